The summed E-state index contributed by atoms with van der Waals surface area (Å²) in [6.07, 6.45) is 0.752. The van der Waals surface area contributed by atoms with Crippen LogP contribution in [0.25, 0.3) is 0 Å². The molecule has 0 aromatic heterocycles. The normalized spacial score (nSPS) is 18.1. The number of benzene rings is 1. The van der Waals surface area contributed by atoms with Gasteiger partial charge in [0.2, 0.25) is 15.9 Å². The fourth-order valence-corrected chi connectivity index (χ4v) is 4.13. The third-order valence-corrected chi connectivity index (χ3v) is 5.54. The summed E-state index contributed by atoms with van der Waals surface area (Å²) in [6, 6.07) is 4.01. The van der Waals surface area contributed by atoms with Gasteiger partial charge in [0.1, 0.15) is 0 Å². The molecule has 1 aromatic rings. The monoisotopic (exact) mass is 366 g/mol. The van der Waals surface area contributed by atoms with Crippen molar-refractivity contribution in [3.63, 3.8) is 0 Å². The van der Waals surface area contributed by atoms with Crippen molar-refractivity contribution < 1.29 is 17.9 Å². The molecule has 22 heavy (non-hydrogen) atoms. The van der Waals surface area contributed by atoms with Gasteiger partial charge in [-0.1, -0.05) is 23.2 Å². The number of carbonyl (C=O) groups excluding carboxylic acids is 1. The molecule has 1 aliphatic heterocycles. The third-order valence-electron chi connectivity index (χ3n) is 3.72. The molecule has 9 heteroatoms. The predicted molar refractivity (Wildman–Crippen MR) is 83.3 cm³/mol. The molecule has 0 bridgehead atoms. The standard InChI is InChI=1S/C13H16Cl2N2O4S/c14-9-5-10(15)7-11(6-9)22(19,20)17-8-13(12(16)18)1-3-21-4-2-13/h5-7,17H,1-4,8H2,(H2,16,18). The van der Waals surface area contributed by atoms with Gasteiger partial charge in [-0.15, -0.1) is 0 Å². The van der Waals surface area contributed by atoms with Gasteiger partial charge in [-0.3, -0.25) is 4.79 Å². The maximum Gasteiger partial charge on any atom is 0.240 e. The lowest BCUT2D eigenvalue weighted by Crippen LogP contribution is -2.49. The largest absolute Gasteiger partial charge is 0.381 e. The van der Waals surface area contributed by atoms with Crippen LogP contribution in [0.1, 0.15) is 12.8 Å². The minimum Gasteiger partial charge on any atom is -0.381 e. The Balaban J connectivity index is 2.19. The Morgan fingerprint density at radius 3 is 2.27 bits per heavy atom. The molecule has 6 nitrogen and oxygen atoms in total. The average Bonchev–Trinajstić information content (AvgIpc) is 2.45. The molecule has 1 fully saturated rings. The number of carbonyl (C=O) groups is 1. The predicted octanol–water partition coefficient (Wildman–Crippen LogP) is 1.55. The summed E-state index contributed by atoms with van der Waals surface area (Å²) in [5.41, 5.74) is 4.51. The second-order valence-corrected chi connectivity index (χ2v) is 7.83. The van der Waals surface area contributed by atoms with E-state index in [1.54, 1.807) is 0 Å². The van der Waals surface area contributed by atoms with Gasteiger partial charge in [0, 0.05) is 29.8 Å². The zero-order valence-corrected chi connectivity index (χ0v) is 14.0. The van der Waals surface area contributed by atoms with Gasteiger partial charge in [0.15, 0.2) is 0 Å². The molecule has 1 aliphatic rings. The second-order valence-electron chi connectivity index (χ2n) is 5.19. The number of halogens is 2. The zero-order chi connectivity index (χ0) is 16.4. The van der Waals surface area contributed by atoms with Crippen molar-refractivity contribution in [2.45, 2.75) is 17.7 Å². The maximum absolute atomic E-state index is 12.3. The summed E-state index contributed by atoms with van der Waals surface area (Å²) >= 11 is 11.6. The van der Waals surface area contributed by atoms with Gasteiger partial charge in [0.05, 0.1) is 10.3 Å². The summed E-state index contributed by atoms with van der Waals surface area (Å²) in [7, 11) is -3.84. The Hall–Kier alpha value is -0.860. The summed E-state index contributed by atoms with van der Waals surface area (Å²) in [5.74, 6) is -0.539. The summed E-state index contributed by atoms with van der Waals surface area (Å²) in [6.45, 7) is 0.652. The number of hydrogen-bond donors (Lipinski definition) is 2. The Morgan fingerprint density at radius 2 is 1.77 bits per heavy atom. The summed E-state index contributed by atoms with van der Waals surface area (Å²) in [4.78, 5) is 11.7. The average molecular weight is 367 g/mol. The SMILES string of the molecule is NC(=O)C1(CNS(=O)(=O)c2cc(Cl)cc(Cl)c2)CCOCC1. The molecular weight excluding hydrogens is 351 g/mol. The minimum atomic E-state index is -3.84. The number of ether oxygens (including phenoxy) is 1. The van der Waals surface area contributed by atoms with Crippen molar-refractivity contribution in [2.24, 2.45) is 11.1 Å². The molecule has 0 atom stereocenters. The molecule has 2 rings (SSSR count). The van der Waals surface area contributed by atoms with Gasteiger partial charge in [0.25, 0.3) is 0 Å². The Morgan fingerprint density at radius 1 is 1.23 bits per heavy atom. The molecule has 0 saturated carbocycles. The molecule has 1 heterocycles. The van der Waals surface area contributed by atoms with Crippen LogP contribution < -0.4 is 10.5 Å². The van der Waals surface area contributed by atoms with Crippen molar-refractivity contribution in [1.82, 2.24) is 4.72 Å². The highest BCUT2D eigenvalue weighted by Crippen LogP contribution is 2.30. The third kappa shape index (κ3) is 3.91. The molecule has 0 aliphatic carbocycles. The van der Waals surface area contributed by atoms with Gasteiger partial charge in [-0.25, -0.2) is 13.1 Å². The lowest BCUT2D eigenvalue weighted by atomic mass is 9.80. The van der Waals surface area contributed by atoms with Crippen molar-refractivity contribution in [2.75, 3.05) is 19.8 Å². The maximum atomic E-state index is 12.3. The Kier molecular flexibility index (Phi) is 5.34. The fraction of sp³-hybridized carbons (Fsp3) is 0.462. The fourth-order valence-electron chi connectivity index (χ4n) is 2.27. The van der Waals surface area contributed by atoms with Crippen molar-refractivity contribution in [3.05, 3.63) is 28.2 Å². The number of nitrogens with one attached hydrogen (secondary N) is 1. The lowest BCUT2D eigenvalue weighted by Gasteiger charge is -2.34. The first-order chi connectivity index (χ1) is 10.3. The van der Waals surface area contributed by atoms with E-state index >= 15 is 0 Å². The van der Waals surface area contributed by atoms with Gasteiger partial charge in [-0.2, -0.15) is 0 Å². The van der Waals surface area contributed by atoms with E-state index < -0.39 is 21.3 Å². The molecule has 122 valence electrons. The molecule has 1 saturated heterocycles. The lowest BCUT2D eigenvalue weighted by molar-refractivity contribution is -0.132. The number of rotatable bonds is 5. The second kappa shape index (κ2) is 6.72. The topological polar surface area (TPSA) is 98.5 Å². The first kappa shape index (κ1) is 17.5. The quantitative estimate of drug-likeness (QED) is 0.825. The zero-order valence-electron chi connectivity index (χ0n) is 11.6. The minimum absolute atomic E-state index is 0.0586. The number of primary amides is 1. The molecule has 3 N–H and O–H groups in total. The summed E-state index contributed by atoms with van der Waals surface area (Å²) < 4.78 is 32.3. The van der Waals surface area contributed by atoms with E-state index in [1.165, 1.54) is 18.2 Å². The first-order valence-corrected chi connectivity index (χ1v) is 8.83. The van der Waals surface area contributed by atoms with Gasteiger partial charge < -0.3 is 10.5 Å². The molecule has 0 spiro atoms. The Labute approximate surface area is 139 Å². The van der Waals surface area contributed by atoms with E-state index in [0.29, 0.717) is 26.1 Å². The Bertz CT molecular complexity index is 652. The van der Waals surface area contributed by atoms with Crippen LogP contribution >= 0.6 is 23.2 Å². The first-order valence-electron chi connectivity index (χ1n) is 6.59. The molecule has 1 aromatic carbocycles. The number of nitrogens with two attached hydrogens (primary N) is 1. The summed E-state index contributed by atoms with van der Waals surface area (Å²) in [5, 5.41) is 0.423. The van der Waals surface area contributed by atoms with Crippen molar-refractivity contribution in [3.8, 4) is 0 Å². The van der Waals surface area contributed by atoms with Crippen LogP contribution in [0.4, 0.5) is 0 Å². The molecule has 1 amide bonds. The van der Waals surface area contributed by atoms with Crippen LogP contribution in [0, 0.1) is 5.41 Å². The number of hydrogen-bond acceptors (Lipinski definition) is 4. The van der Waals surface area contributed by atoms with Crippen LogP contribution in [0.3, 0.4) is 0 Å². The highest BCUT2D eigenvalue weighted by atomic mass is 35.5. The van der Waals surface area contributed by atoms with Crippen LogP contribution in [-0.2, 0) is 19.6 Å². The highest BCUT2D eigenvalue weighted by Gasteiger charge is 2.39. The van der Waals surface area contributed by atoms with Crippen molar-refractivity contribution >= 4 is 39.1 Å². The van der Waals surface area contributed by atoms with Crippen LogP contribution in [-0.4, -0.2) is 34.1 Å². The van der Waals surface area contributed by atoms with Crippen LogP contribution in [0.2, 0.25) is 10.0 Å². The molecular formula is C13H16Cl2N2O4S. The van der Waals surface area contributed by atoms with Crippen LogP contribution in [0.5, 0.6) is 0 Å². The highest BCUT2D eigenvalue weighted by molar-refractivity contribution is 7.89. The van der Waals surface area contributed by atoms with E-state index in [1.807, 2.05) is 0 Å². The van der Waals surface area contributed by atoms with Gasteiger partial charge >= 0.3 is 0 Å². The number of amides is 1. The van der Waals surface area contributed by atoms with E-state index in [2.05, 4.69) is 4.72 Å². The smallest absolute Gasteiger partial charge is 0.240 e. The van der Waals surface area contributed by atoms with Crippen LogP contribution in [0.15, 0.2) is 23.1 Å². The van der Waals surface area contributed by atoms with E-state index in [0.717, 1.165) is 0 Å². The number of sulfonamides is 1. The van der Waals surface area contributed by atoms with E-state index in [4.69, 9.17) is 33.7 Å². The van der Waals surface area contributed by atoms with E-state index in [-0.39, 0.29) is 21.5 Å². The molecule has 0 unspecified atom stereocenters. The molecule has 0 radical (unpaired) electrons. The van der Waals surface area contributed by atoms with Crippen molar-refractivity contribution in [1.29, 1.82) is 0 Å². The van der Waals surface area contributed by atoms with Gasteiger partial charge in [-0.05, 0) is 31.0 Å². The van der Waals surface area contributed by atoms with E-state index in [9.17, 15) is 13.2 Å².